The predicted molar refractivity (Wildman–Crippen MR) is 90.5 cm³/mol. The van der Waals surface area contributed by atoms with Crippen LogP contribution in [0.15, 0.2) is 48.6 Å². The zero-order valence-electron chi connectivity index (χ0n) is 12.6. The first-order chi connectivity index (χ1) is 10.5. The van der Waals surface area contributed by atoms with Crippen molar-refractivity contribution in [2.75, 3.05) is 0 Å². The fraction of sp³-hybridized carbons (Fsp3) is 0.158. The van der Waals surface area contributed by atoms with Crippen molar-refractivity contribution in [3.05, 3.63) is 65.2 Å². The lowest BCUT2D eigenvalue weighted by atomic mass is 9.86. The minimum atomic E-state index is -1.66. The van der Waals surface area contributed by atoms with Gasteiger partial charge in [0.15, 0.2) is 11.6 Å². The van der Waals surface area contributed by atoms with E-state index < -0.39 is 8.07 Å². The van der Waals surface area contributed by atoms with Crippen LogP contribution in [0, 0.1) is 0 Å². The highest BCUT2D eigenvalue weighted by Gasteiger charge is 2.36. The second-order valence-electron chi connectivity index (χ2n) is 6.68. The summed E-state index contributed by atoms with van der Waals surface area (Å²) in [6.45, 7) is 4.66. The summed E-state index contributed by atoms with van der Waals surface area (Å²) in [5.41, 5.74) is 4.64. The van der Waals surface area contributed by atoms with Gasteiger partial charge in [-0.1, -0.05) is 48.6 Å². The quantitative estimate of drug-likeness (QED) is 0.700. The number of carbonyl (C=O) groups is 2. The van der Waals surface area contributed by atoms with Crippen LogP contribution >= 0.6 is 0 Å². The van der Waals surface area contributed by atoms with Crippen LogP contribution in [0.4, 0.5) is 0 Å². The average molecular weight is 304 g/mol. The largest absolute Gasteiger partial charge is 0.289 e. The highest BCUT2D eigenvalue weighted by atomic mass is 28.3. The summed E-state index contributed by atoms with van der Waals surface area (Å²) < 4.78 is 0. The van der Waals surface area contributed by atoms with E-state index in [9.17, 15) is 9.59 Å². The molecule has 0 atom stereocenters. The Bertz CT molecular complexity index is 875. The molecule has 0 amide bonds. The standard InChI is InChI=1S/C19H16O2Si/c1-22(2)11-15-12(13-5-3-4-6-18(13)22)7-8-14-16(20)9-10-17(21)19(14)15/h3-10H,11H2,1-2H3. The smallest absolute Gasteiger partial charge is 0.187 e. The highest BCUT2D eigenvalue weighted by Crippen LogP contribution is 2.37. The molecular weight excluding hydrogens is 288 g/mol. The SMILES string of the molecule is C[Si]1(C)Cc2c(ccc3c2C(=O)C=CC3=O)-c2ccccc21. The number of hydrogen-bond donors (Lipinski definition) is 0. The molecule has 0 saturated heterocycles. The van der Waals surface area contributed by atoms with Crippen LogP contribution in [-0.2, 0) is 6.04 Å². The van der Waals surface area contributed by atoms with E-state index in [-0.39, 0.29) is 11.6 Å². The fourth-order valence-corrected chi connectivity index (χ4v) is 6.68. The molecule has 0 aromatic heterocycles. The third kappa shape index (κ3) is 1.72. The van der Waals surface area contributed by atoms with E-state index >= 15 is 0 Å². The van der Waals surface area contributed by atoms with Gasteiger partial charge >= 0.3 is 0 Å². The molecule has 0 bridgehead atoms. The lowest BCUT2D eigenvalue weighted by Gasteiger charge is -2.34. The molecule has 0 saturated carbocycles. The maximum absolute atomic E-state index is 12.4. The normalized spacial score (nSPS) is 17.7. The topological polar surface area (TPSA) is 34.1 Å². The molecule has 0 fully saturated rings. The second-order valence-corrected chi connectivity index (χ2v) is 11.3. The Balaban J connectivity index is 2.08. The number of ketones is 2. The molecule has 0 N–H and O–H groups in total. The Morgan fingerprint density at radius 3 is 2.32 bits per heavy atom. The molecular formula is C19H16O2Si. The van der Waals surface area contributed by atoms with Gasteiger partial charge in [-0.25, -0.2) is 0 Å². The van der Waals surface area contributed by atoms with Gasteiger partial charge in [0.1, 0.15) is 0 Å². The van der Waals surface area contributed by atoms with E-state index in [0.717, 1.165) is 17.2 Å². The maximum Gasteiger partial charge on any atom is 0.187 e. The molecule has 0 spiro atoms. The molecule has 0 unspecified atom stereocenters. The summed E-state index contributed by atoms with van der Waals surface area (Å²) in [5, 5.41) is 1.44. The van der Waals surface area contributed by atoms with Crippen molar-refractivity contribution in [1.29, 1.82) is 0 Å². The van der Waals surface area contributed by atoms with Gasteiger partial charge in [-0.3, -0.25) is 9.59 Å². The summed E-state index contributed by atoms with van der Waals surface area (Å²) >= 11 is 0. The van der Waals surface area contributed by atoms with Gasteiger partial charge in [0.05, 0.1) is 8.07 Å². The molecule has 108 valence electrons. The summed E-state index contributed by atoms with van der Waals surface area (Å²) in [6, 6.07) is 13.2. The van der Waals surface area contributed by atoms with Crippen molar-refractivity contribution in [3.63, 3.8) is 0 Å². The molecule has 2 aliphatic rings. The predicted octanol–water partition coefficient (Wildman–Crippen LogP) is 3.30. The van der Waals surface area contributed by atoms with Crippen LogP contribution < -0.4 is 5.19 Å². The van der Waals surface area contributed by atoms with E-state index in [1.54, 1.807) is 0 Å². The van der Waals surface area contributed by atoms with Crippen LogP contribution in [0.5, 0.6) is 0 Å². The zero-order valence-corrected chi connectivity index (χ0v) is 13.6. The van der Waals surface area contributed by atoms with Crippen LogP contribution in [0.25, 0.3) is 11.1 Å². The van der Waals surface area contributed by atoms with Gasteiger partial charge in [-0.05, 0) is 41.0 Å². The minimum Gasteiger partial charge on any atom is -0.289 e. The first-order valence-electron chi connectivity index (χ1n) is 7.51. The maximum atomic E-state index is 12.4. The van der Waals surface area contributed by atoms with E-state index in [1.807, 2.05) is 18.2 Å². The summed E-state index contributed by atoms with van der Waals surface area (Å²) in [6.07, 6.45) is 2.80. The molecule has 1 aliphatic carbocycles. The number of rotatable bonds is 0. The van der Waals surface area contributed by atoms with Gasteiger partial charge in [-0.2, -0.15) is 0 Å². The third-order valence-corrected chi connectivity index (χ3v) is 7.91. The zero-order chi connectivity index (χ0) is 15.5. The summed E-state index contributed by atoms with van der Waals surface area (Å²) in [5.74, 6) is -0.0913. The van der Waals surface area contributed by atoms with E-state index in [0.29, 0.717) is 11.1 Å². The molecule has 22 heavy (non-hydrogen) atoms. The number of carbonyl (C=O) groups excluding carboxylic acids is 2. The van der Waals surface area contributed by atoms with Crippen molar-refractivity contribution in [1.82, 2.24) is 0 Å². The van der Waals surface area contributed by atoms with Crippen molar-refractivity contribution >= 4 is 24.8 Å². The van der Waals surface area contributed by atoms with Gasteiger partial charge < -0.3 is 0 Å². The Labute approximate surface area is 130 Å². The molecule has 1 heterocycles. The van der Waals surface area contributed by atoms with Crippen LogP contribution in [0.2, 0.25) is 13.1 Å². The molecule has 3 heteroatoms. The first kappa shape index (κ1) is 13.4. The fourth-order valence-electron chi connectivity index (χ4n) is 3.74. The van der Waals surface area contributed by atoms with Gasteiger partial charge in [0.25, 0.3) is 0 Å². The highest BCUT2D eigenvalue weighted by molar-refractivity contribution is 6.90. The number of hydrogen-bond acceptors (Lipinski definition) is 2. The lowest BCUT2D eigenvalue weighted by molar-refractivity contribution is 0.0993. The molecule has 1 aliphatic heterocycles. The van der Waals surface area contributed by atoms with E-state index in [4.69, 9.17) is 0 Å². The van der Waals surface area contributed by atoms with Crippen LogP contribution in [0.3, 0.4) is 0 Å². The van der Waals surface area contributed by atoms with Gasteiger partial charge in [0.2, 0.25) is 0 Å². The van der Waals surface area contributed by atoms with Crippen molar-refractivity contribution < 1.29 is 9.59 Å². The van der Waals surface area contributed by atoms with Crippen molar-refractivity contribution in [2.24, 2.45) is 0 Å². The lowest BCUT2D eigenvalue weighted by Crippen LogP contribution is -2.48. The van der Waals surface area contributed by atoms with Gasteiger partial charge in [0, 0.05) is 11.1 Å². The Morgan fingerprint density at radius 2 is 1.50 bits per heavy atom. The second kappa shape index (κ2) is 4.37. The molecule has 2 aromatic rings. The number of allylic oxidation sites excluding steroid dienone is 2. The molecule has 4 rings (SSSR count). The summed E-state index contributed by atoms with van der Waals surface area (Å²) in [4.78, 5) is 24.5. The Kier molecular flexibility index (Phi) is 2.66. The van der Waals surface area contributed by atoms with Crippen molar-refractivity contribution in [3.8, 4) is 11.1 Å². The average Bonchev–Trinajstić information content (AvgIpc) is 2.50. The van der Waals surface area contributed by atoms with Crippen molar-refractivity contribution in [2.45, 2.75) is 19.1 Å². The molecule has 0 radical (unpaired) electrons. The Morgan fingerprint density at radius 1 is 0.818 bits per heavy atom. The molecule has 2 aromatic carbocycles. The Hall–Kier alpha value is -2.26. The van der Waals surface area contributed by atoms with Crippen LogP contribution in [0.1, 0.15) is 26.3 Å². The summed E-state index contributed by atoms with van der Waals surface area (Å²) in [7, 11) is -1.66. The number of fused-ring (bicyclic) bond motifs is 5. The van der Waals surface area contributed by atoms with Gasteiger partial charge in [-0.15, -0.1) is 0 Å². The van der Waals surface area contributed by atoms with Crippen LogP contribution in [-0.4, -0.2) is 19.6 Å². The van der Waals surface area contributed by atoms with E-state index in [2.05, 4.69) is 31.3 Å². The third-order valence-electron chi connectivity index (χ3n) is 4.78. The molecule has 2 nitrogen and oxygen atoms in total. The first-order valence-corrected chi connectivity index (χ1v) is 10.7. The number of benzene rings is 2. The minimum absolute atomic E-state index is 0.0318. The van der Waals surface area contributed by atoms with E-state index in [1.165, 1.54) is 22.9 Å². The monoisotopic (exact) mass is 304 g/mol.